The van der Waals surface area contributed by atoms with Gasteiger partial charge in [-0.2, -0.15) is 0 Å². The molecule has 1 aliphatic rings. The molecule has 4 aromatic rings. The van der Waals surface area contributed by atoms with Crippen molar-refractivity contribution >= 4 is 93.8 Å². The summed E-state index contributed by atoms with van der Waals surface area (Å²) in [7, 11) is 0. The maximum absolute atomic E-state index is 14.8. The summed E-state index contributed by atoms with van der Waals surface area (Å²) < 4.78 is 0. The number of nitrogens with zero attached hydrogens (tertiary/aromatic N) is 4. The number of fused-ring (bicyclic) bond motifs is 1. The standard InChI is InChI=1S/C69H100N16O16/c1-7-42(6)60(82-69(101)75-46-21-19-44(20-22-46)32-48-36-84(38-58(89)90)27-26-83(37-57(87)88)28-29-85(48)39-59(91)92)66(98)81-54(33-43-14-9-8-10-15-43)64(96)79-52(30-40(2)3)62(94)78-53(31-41(4)5)63(95)80-55(35-47-34-45-16-11-12-17-49(45)74-47)65(97)76-50(23-24-56(70)86)61(93)77-51(67(99)100)18-13-25-73-68(71)72/h8-12,14-17,19-22,34,40-42,48,50-55,60,74H,7,13,18,23-33,35-39H2,1-6H3,(H2,70,86)(H,76,97)(H,77,93)(H,78,94)(H,79,96)(H,80,95)(H,81,98)(H,87,88)(H,89,90)(H,91,92)(H,99,100)(H4,71,72,73)(H2,75,82,101). The fourth-order valence-electron chi connectivity index (χ4n) is 11.7. The lowest BCUT2D eigenvalue weighted by Gasteiger charge is -2.33. The first-order valence-corrected chi connectivity index (χ1v) is 33.9. The molecule has 3 aromatic carbocycles. The third-order valence-corrected chi connectivity index (χ3v) is 17.1. The molecule has 2 heterocycles. The van der Waals surface area contributed by atoms with Gasteiger partial charge < -0.3 is 85.1 Å². The van der Waals surface area contributed by atoms with Crippen LogP contribution in [0.15, 0.2) is 89.9 Å². The number of rotatable bonds is 40. The zero-order valence-electron chi connectivity index (χ0n) is 58.1. The normalized spacial score (nSPS) is 16.2. The number of carbonyl (C=O) groups is 12. The molecule has 9 unspecified atom stereocenters. The smallest absolute Gasteiger partial charge is 0.326 e. The molecular formula is C69H100N16O16. The molecule has 5 rings (SSSR count). The summed E-state index contributed by atoms with van der Waals surface area (Å²) in [5.74, 6) is -11.7. The summed E-state index contributed by atoms with van der Waals surface area (Å²) in [6.07, 6.45) is -0.277. The number of amides is 9. The number of anilines is 1. The number of carbonyl (C=O) groups excluding carboxylic acids is 8. The number of carboxylic acid groups (broad SMARTS) is 4. The van der Waals surface area contributed by atoms with Crippen molar-refractivity contribution in [1.29, 1.82) is 0 Å². The van der Waals surface area contributed by atoms with Gasteiger partial charge in [0.2, 0.25) is 41.4 Å². The number of aliphatic imine (C=N–C) groups is 1. The van der Waals surface area contributed by atoms with E-state index in [0.717, 1.165) is 5.39 Å². The second-order valence-electron chi connectivity index (χ2n) is 26.4. The zero-order chi connectivity index (χ0) is 74.5. The lowest BCUT2D eigenvalue weighted by atomic mass is 9.96. The Morgan fingerprint density at radius 1 is 0.554 bits per heavy atom. The van der Waals surface area contributed by atoms with Crippen LogP contribution in [0.2, 0.25) is 0 Å². The molecule has 9 atom stereocenters. The van der Waals surface area contributed by atoms with Crippen LogP contribution in [0, 0.1) is 17.8 Å². The summed E-state index contributed by atoms with van der Waals surface area (Å²) in [5, 5.41) is 61.6. The van der Waals surface area contributed by atoms with E-state index < -0.39 is 132 Å². The van der Waals surface area contributed by atoms with E-state index in [4.69, 9.17) is 17.2 Å². The molecule has 101 heavy (non-hydrogen) atoms. The number of nitrogens with two attached hydrogens (primary N) is 3. The third-order valence-electron chi connectivity index (χ3n) is 17.1. The fourth-order valence-corrected chi connectivity index (χ4v) is 11.7. The van der Waals surface area contributed by atoms with Crippen LogP contribution in [0.5, 0.6) is 0 Å². The Kier molecular flexibility index (Phi) is 32.9. The number of hydrogen-bond acceptors (Lipinski definition) is 16. The summed E-state index contributed by atoms with van der Waals surface area (Å²) in [6.45, 7) is 10.8. The molecule has 0 bridgehead atoms. The first kappa shape index (κ1) is 81.5. The molecule has 0 aliphatic carbocycles. The van der Waals surface area contributed by atoms with Crippen LogP contribution in [0.1, 0.15) is 103 Å². The van der Waals surface area contributed by atoms with E-state index in [0.29, 0.717) is 34.4 Å². The predicted molar refractivity (Wildman–Crippen MR) is 375 cm³/mol. The largest absolute Gasteiger partial charge is 0.480 e. The van der Waals surface area contributed by atoms with E-state index in [1.807, 2.05) is 26.8 Å². The van der Waals surface area contributed by atoms with Crippen molar-refractivity contribution < 1.29 is 78.0 Å². The Morgan fingerprint density at radius 2 is 1.07 bits per heavy atom. The highest BCUT2D eigenvalue weighted by atomic mass is 16.4. The van der Waals surface area contributed by atoms with E-state index in [1.54, 1.807) is 114 Å². The third kappa shape index (κ3) is 28.9. The summed E-state index contributed by atoms with van der Waals surface area (Å²) in [5.41, 5.74) is 19.1. The van der Waals surface area contributed by atoms with E-state index in [9.17, 15) is 78.0 Å². The van der Waals surface area contributed by atoms with Crippen molar-refractivity contribution in [2.75, 3.05) is 64.2 Å². The molecule has 552 valence electrons. The second kappa shape index (κ2) is 40.8. The molecule has 1 aromatic heterocycles. The monoisotopic (exact) mass is 1410 g/mol. The van der Waals surface area contributed by atoms with Gasteiger partial charge in [-0.3, -0.25) is 67.6 Å². The van der Waals surface area contributed by atoms with Gasteiger partial charge in [0, 0.05) is 81.5 Å². The van der Waals surface area contributed by atoms with Gasteiger partial charge in [0.25, 0.3) is 0 Å². The molecule has 32 nitrogen and oxygen atoms in total. The van der Waals surface area contributed by atoms with Crippen LogP contribution >= 0.6 is 0 Å². The number of aromatic nitrogens is 1. The first-order chi connectivity index (χ1) is 47.9. The highest BCUT2D eigenvalue weighted by Crippen LogP contribution is 2.21. The van der Waals surface area contributed by atoms with Crippen molar-refractivity contribution in [3.05, 3.63) is 102 Å². The Morgan fingerprint density at radius 3 is 1.63 bits per heavy atom. The van der Waals surface area contributed by atoms with E-state index in [2.05, 4.69) is 52.5 Å². The number of para-hydroxylation sites is 1. The maximum Gasteiger partial charge on any atom is 0.326 e. The Bertz CT molecular complexity index is 3460. The van der Waals surface area contributed by atoms with Gasteiger partial charge in [-0.15, -0.1) is 0 Å². The number of hydrogen-bond donors (Lipinski definition) is 16. The number of urea groups is 1. The molecule has 1 aliphatic heterocycles. The number of benzene rings is 3. The van der Waals surface area contributed by atoms with E-state index in [1.165, 1.54) is 0 Å². The lowest BCUT2D eigenvalue weighted by molar-refractivity contribution is -0.142. The Hall–Kier alpha value is -10.2. The van der Waals surface area contributed by atoms with Crippen molar-refractivity contribution in [2.24, 2.45) is 39.9 Å². The van der Waals surface area contributed by atoms with Gasteiger partial charge >= 0.3 is 29.9 Å². The molecule has 1 saturated heterocycles. The molecule has 0 saturated carbocycles. The first-order valence-electron chi connectivity index (χ1n) is 33.9. The molecule has 9 amide bonds. The molecular weight excluding hydrogens is 1310 g/mol. The number of nitrogens with one attached hydrogen (secondary N) is 9. The van der Waals surface area contributed by atoms with Crippen LogP contribution in [0.4, 0.5) is 10.5 Å². The summed E-state index contributed by atoms with van der Waals surface area (Å²) in [4.78, 5) is 173. The minimum atomic E-state index is -1.54. The molecule has 0 spiro atoms. The number of aromatic amines is 1. The maximum atomic E-state index is 14.8. The van der Waals surface area contributed by atoms with Gasteiger partial charge in [0.05, 0.1) is 19.6 Å². The molecule has 32 heteroatoms. The highest BCUT2D eigenvalue weighted by Gasteiger charge is 2.37. The lowest BCUT2D eigenvalue weighted by Crippen LogP contribution is -2.61. The number of guanidine groups is 1. The van der Waals surface area contributed by atoms with Crippen molar-refractivity contribution in [1.82, 2.24) is 56.9 Å². The van der Waals surface area contributed by atoms with Crippen molar-refractivity contribution in [3.8, 4) is 0 Å². The zero-order valence-corrected chi connectivity index (χ0v) is 58.1. The minimum absolute atomic E-state index is 0.0185. The summed E-state index contributed by atoms with van der Waals surface area (Å²) >= 11 is 0. The van der Waals surface area contributed by atoms with Crippen LogP contribution in [0.3, 0.4) is 0 Å². The van der Waals surface area contributed by atoms with Gasteiger partial charge in [-0.1, -0.05) is 109 Å². The average molecular weight is 1410 g/mol. The number of carboxylic acids is 4. The highest BCUT2D eigenvalue weighted by molar-refractivity contribution is 5.99. The van der Waals surface area contributed by atoms with Gasteiger partial charge in [-0.05, 0) is 97.1 Å². The van der Waals surface area contributed by atoms with Crippen LogP contribution in [0.25, 0.3) is 10.9 Å². The minimum Gasteiger partial charge on any atom is -0.480 e. The molecule has 1 fully saturated rings. The van der Waals surface area contributed by atoms with E-state index >= 15 is 0 Å². The quantitative estimate of drug-likeness (QED) is 0.0165. The fraction of sp³-hybridized carbons (Fsp3) is 0.522. The molecule has 19 N–H and O–H groups in total. The SMILES string of the molecule is CCC(C)C(NC(=O)Nc1ccc(CC2CN(CC(=O)O)CCN(CC(=O)O)CCN2CC(=O)O)cc1)C(=O)NC(Cc1ccccc1)C(=O)NC(CC(C)C)C(=O)NC(CC(C)C)C(=O)NC(Cc1cc2ccccc2[nH]1)C(=O)NC(CCC(N)=O)C(=O)NC(CCCN=C(N)N)C(=O)O. The van der Waals surface area contributed by atoms with Gasteiger partial charge in [0.1, 0.15) is 42.3 Å². The van der Waals surface area contributed by atoms with Crippen LogP contribution in [-0.2, 0) is 72.0 Å². The molecule has 0 radical (unpaired) electrons. The topological polar surface area (TPSA) is 498 Å². The number of H-pyrrole nitrogens is 1. The second-order valence-corrected chi connectivity index (χ2v) is 26.4. The van der Waals surface area contributed by atoms with Crippen LogP contribution < -0.4 is 59.7 Å². The number of primary amides is 1. The van der Waals surface area contributed by atoms with Crippen molar-refractivity contribution in [3.63, 3.8) is 0 Å². The summed E-state index contributed by atoms with van der Waals surface area (Å²) in [6, 6.07) is 13.4. The van der Waals surface area contributed by atoms with E-state index in [-0.39, 0.29) is 128 Å². The predicted octanol–water partition coefficient (Wildman–Crippen LogP) is 0.679. The van der Waals surface area contributed by atoms with Gasteiger partial charge in [-0.25, -0.2) is 9.59 Å². The van der Waals surface area contributed by atoms with Crippen LogP contribution in [-0.4, -0.2) is 225 Å². The Labute approximate surface area is 586 Å². The van der Waals surface area contributed by atoms with Crippen molar-refractivity contribution in [2.45, 2.75) is 154 Å². The van der Waals surface area contributed by atoms with Gasteiger partial charge in [0.15, 0.2) is 5.96 Å². The Balaban J connectivity index is 1.36. The average Bonchev–Trinajstić information content (AvgIpc) is 1.78. The number of aliphatic carboxylic acids is 4.